The fraction of sp³-hybridized carbons (Fsp3) is 0.316. The van der Waals surface area contributed by atoms with Gasteiger partial charge in [-0.25, -0.2) is 0 Å². The van der Waals surface area contributed by atoms with Gasteiger partial charge in [0.2, 0.25) is 0 Å². The fourth-order valence-corrected chi connectivity index (χ4v) is 2.58. The predicted octanol–water partition coefficient (Wildman–Crippen LogP) is 4.53. The lowest BCUT2D eigenvalue weighted by atomic mass is 10.1. The van der Waals surface area contributed by atoms with Crippen LogP contribution in [0, 0.1) is 20.8 Å². The SMILES string of the molecule is Cc1cccc(CCCNC(=S)Nc2ccc(C)c(C)c2)c1. The van der Waals surface area contributed by atoms with Gasteiger partial charge in [-0.15, -0.1) is 0 Å². The number of nitrogens with one attached hydrogen (secondary N) is 2. The van der Waals surface area contributed by atoms with Crippen molar-refractivity contribution in [2.24, 2.45) is 0 Å². The van der Waals surface area contributed by atoms with Crippen LogP contribution in [0.2, 0.25) is 0 Å². The van der Waals surface area contributed by atoms with Gasteiger partial charge in [0, 0.05) is 12.2 Å². The molecule has 0 radical (unpaired) electrons. The van der Waals surface area contributed by atoms with Gasteiger partial charge in [-0.05, 0) is 74.7 Å². The number of benzene rings is 2. The molecule has 0 unspecified atom stereocenters. The van der Waals surface area contributed by atoms with Gasteiger partial charge in [-0.1, -0.05) is 35.9 Å². The molecule has 0 aliphatic heterocycles. The Labute approximate surface area is 139 Å². The third-order valence-electron chi connectivity index (χ3n) is 3.78. The van der Waals surface area contributed by atoms with Crippen molar-refractivity contribution in [3.05, 3.63) is 64.7 Å². The number of rotatable bonds is 5. The van der Waals surface area contributed by atoms with Gasteiger partial charge in [-0.2, -0.15) is 0 Å². The van der Waals surface area contributed by atoms with Crippen LogP contribution in [0.5, 0.6) is 0 Å². The molecule has 2 aromatic carbocycles. The van der Waals surface area contributed by atoms with Crippen LogP contribution in [0.1, 0.15) is 28.7 Å². The summed E-state index contributed by atoms with van der Waals surface area (Å²) in [6.07, 6.45) is 2.14. The minimum atomic E-state index is 0.687. The summed E-state index contributed by atoms with van der Waals surface area (Å²) in [5.74, 6) is 0. The number of hydrogen-bond donors (Lipinski definition) is 2. The molecule has 0 bridgehead atoms. The van der Waals surface area contributed by atoms with E-state index in [1.807, 2.05) is 0 Å². The third-order valence-corrected chi connectivity index (χ3v) is 4.02. The number of anilines is 1. The summed E-state index contributed by atoms with van der Waals surface area (Å²) < 4.78 is 0. The van der Waals surface area contributed by atoms with Crippen LogP contribution in [-0.4, -0.2) is 11.7 Å². The molecule has 0 aliphatic rings. The topological polar surface area (TPSA) is 24.1 Å². The maximum absolute atomic E-state index is 5.34. The zero-order valence-corrected chi connectivity index (χ0v) is 14.4. The second-order valence-electron chi connectivity index (χ2n) is 5.77. The first-order valence-electron chi connectivity index (χ1n) is 7.72. The lowest BCUT2D eigenvalue weighted by Gasteiger charge is -2.12. The summed E-state index contributed by atoms with van der Waals surface area (Å²) in [5, 5.41) is 7.20. The first-order valence-corrected chi connectivity index (χ1v) is 8.13. The molecule has 0 fully saturated rings. The molecule has 0 atom stereocenters. The average Bonchev–Trinajstić information content (AvgIpc) is 2.48. The molecule has 0 saturated heterocycles. The van der Waals surface area contributed by atoms with Gasteiger partial charge >= 0.3 is 0 Å². The number of thiocarbonyl (C=S) groups is 1. The quantitative estimate of drug-likeness (QED) is 0.626. The highest BCUT2D eigenvalue weighted by molar-refractivity contribution is 7.80. The van der Waals surface area contributed by atoms with Gasteiger partial charge in [0.1, 0.15) is 0 Å². The molecule has 0 amide bonds. The maximum Gasteiger partial charge on any atom is 0.170 e. The van der Waals surface area contributed by atoms with E-state index >= 15 is 0 Å². The van der Waals surface area contributed by atoms with E-state index in [2.05, 4.69) is 73.9 Å². The van der Waals surface area contributed by atoms with Crippen LogP contribution in [0.4, 0.5) is 5.69 Å². The van der Waals surface area contributed by atoms with Crippen molar-refractivity contribution < 1.29 is 0 Å². The second-order valence-corrected chi connectivity index (χ2v) is 6.18. The Morgan fingerprint density at radius 3 is 2.55 bits per heavy atom. The fourth-order valence-electron chi connectivity index (χ4n) is 2.36. The first-order chi connectivity index (χ1) is 10.5. The average molecular weight is 312 g/mol. The van der Waals surface area contributed by atoms with E-state index in [1.54, 1.807) is 0 Å². The van der Waals surface area contributed by atoms with Crippen molar-refractivity contribution in [2.45, 2.75) is 33.6 Å². The Morgan fingerprint density at radius 1 is 1.00 bits per heavy atom. The normalized spacial score (nSPS) is 10.3. The minimum absolute atomic E-state index is 0.687. The van der Waals surface area contributed by atoms with Crippen LogP contribution < -0.4 is 10.6 Å². The zero-order valence-electron chi connectivity index (χ0n) is 13.6. The highest BCUT2D eigenvalue weighted by Gasteiger charge is 2.00. The molecular formula is C19H24N2S. The summed E-state index contributed by atoms with van der Waals surface area (Å²) in [6, 6.07) is 15.0. The Morgan fingerprint density at radius 2 is 1.82 bits per heavy atom. The van der Waals surface area contributed by atoms with Crippen molar-refractivity contribution in [2.75, 3.05) is 11.9 Å². The van der Waals surface area contributed by atoms with E-state index in [-0.39, 0.29) is 0 Å². The highest BCUT2D eigenvalue weighted by Crippen LogP contribution is 2.14. The molecule has 0 heterocycles. The Kier molecular flexibility index (Phi) is 5.96. The molecule has 3 heteroatoms. The maximum atomic E-state index is 5.34. The summed E-state index contributed by atoms with van der Waals surface area (Å²) in [4.78, 5) is 0. The van der Waals surface area contributed by atoms with Gasteiger partial charge in [0.25, 0.3) is 0 Å². The smallest absolute Gasteiger partial charge is 0.170 e. The summed E-state index contributed by atoms with van der Waals surface area (Å²) >= 11 is 5.34. The Balaban J connectivity index is 1.72. The largest absolute Gasteiger partial charge is 0.362 e. The molecule has 0 saturated carbocycles. The van der Waals surface area contributed by atoms with Gasteiger partial charge < -0.3 is 10.6 Å². The van der Waals surface area contributed by atoms with E-state index in [0.29, 0.717) is 5.11 Å². The predicted molar refractivity (Wildman–Crippen MR) is 99.6 cm³/mol. The minimum Gasteiger partial charge on any atom is -0.362 e. The van der Waals surface area contributed by atoms with Gasteiger partial charge in [0.15, 0.2) is 5.11 Å². The Bertz CT molecular complexity index is 650. The molecule has 22 heavy (non-hydrogen) atoms. The van der Waals surface area contributed by atoms with Crippen LogP contribution in [0.25, 0.3) is 0 Å². The van der Waals surface area contributed by atoms with Crippen LogP contribution in [-0.2, 0) is 6.42 Å². The molecule has 0 aromatic heterocycles. The van der Waals surface area contributed by atoms with Gasteiger partial charge in [0.05, 0.1) is 0 Å². The first kappa shape index (κ1) is 16.5. The van der Waals surface area contributed by atoms with Crippen molar-refractivity contribution in [3.8, 4) is 0 Å². The second kappa shape index (κ2) is 7.95. The van der Waals surface area contributed by atoms with E-state index in [9.17, 15) is 0 Å². The molecule has 2 N–H and O–H groups in total. The van der Waals surface area contributed by atoms with E-state index in [0.717, 1.165) is 25.1 Å². The summed E-state index contributed by atoms with van der Waals surface area (Å²) in [5.41, 5.74) is 6.31. The van der Waals surface area contributed by atoms with E-state index < -0.39 is 0 Å². The zero-order chi connectivity index (χ0) is 15.9. The summed E-state index contributed by atoms with van der Waals surface area (Å²) in [7, 11) is 0. The van der Waals surface area contributed by atoms with Gasteiger partial charge in [-0.3, -0.25) is 0 Å². The van der Waals surface area contributed by atoms with E-state index in [4.69, 9.17) is 12.2 Å². The molecule has 0 aliphatic carbocycles. The number of aryl methyl sites for hydroxylation is 4. The molecule has 2 nitrogen and oxygen atoms in total. The lowest BCUT2D eigenvalue weighted by Crippen LogP contribution is -2.29. The number of hydrogen-bond acceptors (Lipinski definition) is 1. The van der Waals surface area contributed by atoms with Crippen LogP contribution in [0.15, 0.2) is 42.5 Å². The van der Waals surface area contributed by atoms with E-state index in [1.165, 1.54) is 22.3 Å². The van der Waals surface area contributed by atoms with Crippen LogP contribution >= 0.6 is 12.2 Å². The standard InChI is InChI=1S/C19H24N2S/c1-14-6-4-7-17(12-14)8-5-11-20-19(22)21-18-10-9-15(2)16(3)13-18/h4,6-7,9-10,12-13H,5,8,11H2,1-3H3,(H2,20,21,22). The van der Waals surface area contributed by atoms with Crippen molar-refractivity contribution in [1.82, 2.24) is 5.32 Å². The third kappa shape index (κ3) is 5.15. The van der Waals surface area contributed by atoms with Crippen molar-refractivity contribution in [1.29, 1.82) is 0 Å². The molecule has 2 aromatic rings. The molecular weight excluding hydrogens is 288 g/mol. The summed E-state index contributed by atoms with van der Waals surface area (Å²) in [6.45, 7) is 7.23. The molecule has 2 rings (SSSR count). The van der Waals surface area contributed by atoms with Crippen molar-refractivity contribution >= 4 is 23.0 Å². The Hall–Kier alpha value is -1.87. The monoisotopic (exact) mass is 312 g/mol. The molecule has 116 valence electrons. The lowest BCUT2D eigenvalue weighted by molar-refractivity contribution is 0.777. The molecule has 0 spiro atoms. The highest BCUT2D eigenvalue weighted by atomic mass is 32.1. The van der Waals surface area contributed by atoms with Crippen LogP contribution in [0.3, 0.4) is 0 Å². The van der Waals surface area contributed by atoms with Crippen molar-refractivity contribution in [3.63, 3.8) is 0 Å².